The lowest BCUT2D eigenvalue weighted by molar-refractivity contribution is 0.00116. The number of rotatable bonds is 1. The molecule has 3 fully saturated rings. The molecule has 64 valence electrons. The molecule has 2 aliphatic heterocycles. The summed E-state index contributed by atoms with van der Waals surface area (Å²) in [6.45, 7) is 5.99. The average molecular weight is 153 g/mol. The average Bonchev–Trinajstić information content (AvgIpc) is 2.06. The predicted octanol–water partition coefficient (Wildman–Crippen LogP) is 2.27. The van der Waals surface area contributed by atoms with Gasteiger partial charge < -0.3 is 0 Å². The molecular formula is C10H19N. The van der Waals surface area contributed by atoms with Crippen molar-refractivity contribution in [2.75, 3.05) is 6.54 Å². The van der Waals surface area contributed by atoms with Gasteiger partial charge >= 0.3 is 0 Å². The van der Waals surface area contributed by atoms with Crippen LogP contribution in [0.4, 0.5) is 0 Å². The summed E-state index contributed by atoms with van der Waals surface area (Å²) in [5.74, 6) is 1.03. The molecule has 0 radical (unpaired) electrons. The number of nitrogens with zero attached hydrogens (tertiary/aromatic N) is 1. The summed E-state index contributed by atoms with van der Waals surface area (Å²) < 4.78 is 0. The van der Waals surface area contributed by atoms with Crippen LogP contribution in [0.2, 0.25) is 0 Å². The molecule has 2 heterocycles. The van der Waals surface area contributed by atoms with E-state index in [4.69, 9.17) is 0 Å². The molecule has 0 amide bonds. The van der Waals surface area contributed by atoms with Crippen molar-refractivity contribution in [1.29, 1.82) is 0 Å². The van der Waals surface area contributed by atoms with Gasteiger partial charge in [0.15, 0.2) is 0 Å². The maximum absolute atomic E-state index is 2.71. The van der Waals surface area contributed by atoms with E-state index in [1.54, 1.807) is 0 Å². The van der Waals surface area contributed by atoms with Crippen molar-refractivity contribution in [3.63, 3.8) is 0 Å². The maximum Gasteiger partial charge on any atom is 0.00983 e. The second-order valence-electron chi connectivity index (χ2n) is 4.14. The molecule has 1 atom stereocenters. The van der Waals surface area contributed by atoms with Gasteiger partial charge in [-0.15, -0.1) is 0 Å². The highest BCUT2D eigenvalue weighted by Crippen LogP contribution is 2.38. The van der Waals surface area contributed by atoms with Gasteiger partial charge in [0.05, 0.1) is 0 Å². The first-order valence-electron chi connectivity index (χ1n) is 5.08. The molecule has 1 aliphatic carbocycles. The van der Waals surface area contributed by atoms with Crippen LogP contribution in [0.3, 0.4) is 0 Å². The van der Waals surface area contributed by atoms with E-state index in [1.807, 2.05) is 0 Å². The Morgan fingerprint density at radius 3 is 2.18 bits per heavy atom. The van der Waals surface area contributed by atoms with Crippen LogP contribution in [-0.2, 0) is 0 Å². The van der Waals surface area contributed by atoms with E-state index in [1.165, 1.54) is 32.2 Å². The molecule has 1 heteroatoms. The summed E-state index contributed by atoms with van der Waals surface area (Å²) >= 11 is 0. The zero-order valence-corrected chi connectivity index (χ0v) is 7.71. The molecule has 3 aliphatic rings. The Labute approximate surface area is 69.8 Å². The molecule has 1 nitrogen and oxygen atoms in total. The van der Waals surface area contributed by atoms with E-state index in [0.717, 1.165) is 18.0 Å². The van der Waals surface area contributed by atoms with E-state index in [9.17, 15) is 0 Å². The first kappa shape index (κ1) is 7.60. The van der Waals surface area contributed by atoms with Crippen LogP contribution in [0.5, 0.6) is 0 Å². The van der Waals surface area contributed by atoms with E-state index < -0.39 is 0 Å². The van der Waals surface area contributed by atoms with Crippen LogP contribution in [0.15, 0.2) is 0 Å². The van der Waals surface area contributed by atoms with Crippen molar-refractivity contribution in [3.05, 3.63) is 0 Å². The van der Waals surface area contributed by atoms with Gasteiger partial charge in [0.1, 0.15) is 0 Å². The van der Waals surface area contributed by atoms with Gasteiger partial charge in [0, 0.05) is 12.1 Å². The lowest BCUT2D eigenvalue weighted by atomic mass is 9.75. The third-order valence-electron chi connectivity index (χ3n) is 3.78. The van der Waals surface area contributed by atoms with Crippen molar-refractivity contribution in [3.8, 4) is 0 Å². The van der Waals surface area contributed by atoms with Crippen molar-refractivity contribution in [2.24, 2.45) is 5.92 Å². The molecule has 0 N–H and O–H groups in total. The van der Waals surface area contributed by atoms with Crippen LogP contribution >= 0.6 is 0 Å². The highest BCUT2D eigenvalue weighted by molar-refractivity contribution is 4.92. The van der Waals surface area contributed by atoms with Gasteiger partial charge in [-0.2, -0.15) is 0 Å². The van der Waals surface area contributed by atoms with Gasteiger partial charge in [-0.3, -0.25) is 4.90 Å². The van der Waals surface area contributed by atoms with E-state index in [0.29, 0.717) is 0 Å². The van der Waals surface area contributed by atoms with E-state index >= 15 is 0 Å². The van der Waals surface area contributed by atoms with E-state index in [-0.39, 0.29) is 0 Å². The van der Waals surface area contributed by atoms with Crippen LogP contribution in [0.25, 0.3) is 0 Å². The summed E-state index contributed by atoms with van der Waals surface area (Å²) in [5.41, 5.74) is 0. The summed E-state index contributed by atoms with van der Waals surface area (Å²) in [6, 6.07) is 1.83. The molecule has 0 aromatic carbocycles. The van der Waals surface area contributed by atoms with Crippen molar-refractivity contribution in [2.45, 2.75) is 51.6 Å². The molecular weight excluding hydrogens is 134 g/mol. The fraction of sp³-hybridized carbons (Fsp3) is 1.00. The third-order valence-corrected chi connectivity index (χ3v) is 3.78. The zero-order valence-electron chi connectivity index (χ0n) is 7.71. The minimum absolute atomic E-state index is 0.882. The summed E-state index contributed by atoms with van der Waals surface area (Å²) in [6.07, 6.45) is 5.95. The lowest BCUT2D eigenvalue weighted by Crippen LogP contribution is -2.53. The topological polar surface area (TPSA) is 3.24 Å². The number of fused-ring (bicyclic) bond motifs is 3. The van der Waals surface area contributed by atoms with Crippen molar-refractivity contribution >= 4 is 0 Å². The first-order valence-corrected chi connectivity index (χ1v) is 5.08. The quantitative estimate of drug-likeness (QED) is 0.558. The van der Waals surface area contributed by atoms with Crippen molar-refractivity contribution in [1.82, 2.24) is 4.90 Å². The molecule has 0 aromatic heterocycles. The highest BCUT2D eigenvalue weighted by atomic mass is 15.2. The number of hydrogen-bond donors (Lipinski definition) is 0. The van der Waals surface area contributed by atoms with Crippen molar-refractivity contribution < 1.29 is 0 Å². The second kappa shape index (κ2) is 2.78. The van der Waals surface area contributed by atoms with Gasteiger partial charge in [-0.05, 0) is 45.1 Å². The minimum Gasteiger partial charge on any atom is -0.298 e. The largest absolute Gasteiger partial charge is 0.298 e. The standard InChI is InChI=1S/C10H19N/c1-3-11-8(2)9-4-6-10(11)7-5-9/h8-10H,3-7H2,1-2H3/t8-,9?,10?/m1/s1. The number of piperidine rings is 2. The Kier molecular flexibility index (Phi) is 1.92. The molecule has 0 aromatic rings. The molecule has 0 unspecified atom stereocenters. The monoisotopic (exact) mass is 153 g/mol. The first-order chi connectivity index (χ1) is 5.33. The molecule has 0 spiro atoms. The summed E-state index contributed by atoms with van der Waals surface area (Å²) in [5, 5.41) is 0. The summed E-state index contributed by atoms with van der Waals surface area (Å²) in [7, 11) is 0. The molecule has 11 heavy (non-hydrogen) atoms. The minimum atomic E-state index is 0.882. The van der Waals surface area contributed by atoms with Crippen LogP contribution < -0.4 is 0 Å². The Hall–Kier alpha value is -0.0400. The lowest BCUT2D eigenvalue weighted by Gasteiger charge is -2.50. The fourth-order valence-electron chi connectivity index (χ4n) is 3.07. The molecule has 2 saturated heterocycles. The Morgan fingerprint density at radius 2 is 1.82 bits per heavy atom. The molecule has 2 bridgehead atoms. The Morgan fingerprint density at radius 1 is 1.18 bits per heavy atom. The predicted molar refractivity (Wildman–Crippen MR) is 47.6 cm³/mol. The van der Waals surface area contributed by atoms with Gasteiger partial charge in [-0.1, -0.05) is 6.92 Å². The Bertz CT molecular complexity index is 134. The van der Waals surface area contributed by atoms with Gasteiger partial charge in [0.25, 0.3) is 0 Å². The third kappa shape index (κ3) is 1.10. The number of hydrogen-bond acceptors (Lipinski definition) is 1. The Balaban J connectivity index is 2.10. The normalized spacial score (nSPS) is 44.7. The smallest absolute Gasteiger partial charge is 0.00983 e. The van der Waals surface area contributed by atoms with Gasteiger partial charge in [-0.25, -0.2) is 0 Å². The van der Waals surface area contributed by atoms with Crippen LogP contribution in [-0.4, -0.2) is 23.5 Å². The summed E-state index contributed by atoms with van der Waals surface area (Å²) in [4.78, 5) is 2.71. The molecule has 1 saturated carbocycles. The molecule has 3 rings (SSSR count). The van der Waals surface area contributed by atoms with Crippen LogP contribution in [0.1, 0.15) is 39.5 Å². The van der Waals surface area contributed by atoms with Gasteiger partial charge in [0.2, 0.25) is 0 Å². The SMILES string of the molecule is CCN1C2CCC(CC2)[C@H]1C. The van der Waals surface area contributed by atoms with E-state index in [2.05, 4.69) is 18.7 Å². The van der Waals surface area contributed by atoms with Crippen LogP contribution in [0, 0.1) is 5.92 Å². The maximum atomic E-state index is 2.71. The fourth-order valence-corrected chi connectivity index (χ4v) is 3.07. The highest BCUT2D eigenvalue weighted by Gasteiger charge is 2.37. The zero-order chi connectivity index (χ0) is 7.84. The second-order valence-corrected chi connectivity index (χ2v) is 4.14.